The molecule has 5 heteroatoms. The fourth-order valence-electron chi connectivity index (χ4n) is 2.03. The third kappa shape index (κ3) is 9.28. The van der Waals surface area contributed by atoms with Gasteiger partial charge in [-0.25, -0.2) is 0 Å². The lowest BCUT2D eigenvalue weighted by molar-refractivity contribution is -0.124. The number of rotatable bonds is 12. The molecule has 0 heterocycles. The molecule has 0 spiro atoms. The Morgan fingerprint density at radius 2 is 1.80 bits per heavy atom. The number of hydrogen-bond donors (Lipinski definition) is 2. The van der Waals surface area contributed by atoms with Crippen molar-refractivity contribution in [1.82, 2.24) is 5.32 Å². The van der Waals surface area contributed by atoms with Crippen LogP contribution in [-0.4, -0.2) is 43.4 Å². The molecule has 20 heavy (non-hydrogen) atoms. The Morgan fingerprint density at radius 3 is 2.30 bits per heavy atom. The van der Waals surface area contributed by atoms with Crippen molar-refractivity contribution in [3.05, 3.63) is 0 Å². The predicted octanol–water partition coefficient (Wildman–Crippen LogP) is 1.84. The van der Waals surface area contributed by atoms with E-state index in [1.54, 1.807) is 0 Å². The highest BCUT2D eigenvalue weighted by Crippen LogP contribution is 2.14. The minimum absolute atomic E-state index is 0.233. The number of carbonyl (C=O) groups excluding carboxylic acids is 1. The average molecular weight is 288 g/mol. The van der Waals surface area contributed by atoms with Crippen molar-refractivity contribution in [2.75, 3.05) is 19.8 Å². The molecule has 0 aromatic carbocycles. The number of unbranched alkanes of at least 4 members (excludes halogenated alkanes) is 1. The van der Waals surface area contributed by atoms with Crippen LogP contribution in [0.2, 0.25) is 0 Å². The van der Waals surface area contributed by atoms with Crippen LogP contribution in [0.3, 0.4) is 0 Å². The van der Waals surface area contributed by atoms with Gasteiger partial charge in [0.05, 0.1) is 24.9 Å². The molecule has 3 N–H and O–H groups in total. The van der Waals surface area contributed by atoms with Gasteiger partial charge < -0.3 is 20.5 Å². The number of primary amides is 1. The van der Waals surface area contributed by atoms with Gasteiger partial charge in [-0.05, 0) is 53.9 Å². The van der Waals surface area contributed by atoms with Crippen LogP contribution in [0.5, 0.6) is 0 Å². The van der Waals surface area contributed by atoms with Crippen LogP contribution < -0.4 is 11.1 Å². The lowest BCUT2D eigenvalue weighted by Crippen LogP contribution is -2.55. The molecule has 0 bridgehead atoms. The maximum atomic E-state index is 11.5. The topological polar surface area (TPSA) is 73.6 Å². The summed E-state index contributed by atoms with van der Waals surface area (Å²) in [5, 5.41) is 3.24. The number of amides is 1. The molecule has 0 saturated heterocycles. The highest BCUT2D eigenvalue weighted by atomic mass is 16.5. The van der Waals surface area contributed by atoms with E-state index in [2.05, 4.69) is 5.32 Å². The van der Waals surface area contributed by atoms with E-state index in [-0.39, 0.29) is 18.1 Å². The molecule has 0 aliphatic rings. The zero-order valence-corrected chi connectivity index (χ0v) is 13.7. The first kappa shape index (κ1) is 19.4. The molecule has 0 aromatic heterocycles. The summed E-state index contributed by atoms with van der Waals surface area (Å²) in [6, 6.07) is 0.233. The zero-order chi connectivity index (χ0) is 15.6. The van der Waals surface area contributed by atoms with E-state index in [0.29, 0.717) is 19.8 Å². The molecular weight excluding hydrogens is 256 g/mol. The van der Waals surface area contributed by atoms with Crippen molar-refractivity contribution in [3.63, 3.8) is 0 Å². The van der Waals surface area contributed by atoms with Crippen molar-refractivity contribution in [2.45, 2.75) is 71.6 Å². The Balaban J connectivity index is 3.72. The van der Waals surface area contributed by atoms with Gasteiger partial charge in [-0.15, -0.1) is 0 Å². The van der Waals surface area contributed by atoms with E-state index in [1.165, 1.54) is 0 Å². The van der Waals surface area contributed by atoms with E-state index in [0.717, 1.165) is 19.3 Å². The van der Waals surface area contributed by atoms with Gasteiger partial charge >= 0.3 is 0 Å². The summed E-state index contributed by atoms with van der Waals surface area (Å²) in [6.07, 6.45) is 2.80. The molecule has 1 unspecified atom stereocenters. The van der Waals surface area contributed by atoms with E-state index < -0.39 is 5.54 Å². The van der Waals surface area contributed by atoms with Crippen LogP contribution in [-0.2, 0) is 14.3 Å². The van der Waals surface area contributed by atoms with Crippen LogP contribution in [0.4, 0.5) is 0 Å². The quantitative estimate of drug-likeness (QED) is 0.537. The SMILES string of the molecule is CC(C)NC(C)(CCCCOCCOC(C)C)C(N)=O. The highest BCUT2D eigenvalue weighted by Gasteiger charge is 2.30. The first-order valence-corrected chi connectivity index (χ1v) is 7.55. The molecule has 1 atom stereocenters. The first-order valence-electron chi connectivity index (χ1n) is 7.55. The molecule has 0 radical (unpaired) electrons. The van der Waals surface area contributed by atoms with Gasteiger partial charge in [-0.1, -0.05) is 0 Å². The normalized spacial score (nSPS) is 14.8. The Kier molecular flexibility index (Phi) is 9.80. The molecule has 0 saturated carbocycles. The molecule has 0 aliphatic heterocycles. The Bertz CT molecular complexity index is 270. The molecule has 0 aliphatic carbocycles. The maximum absolute atomic E-state index is 11.5. The second-order valence-electron chi connectivity index (χ2n) is 5.98. The maximum Gasteiger partial charge on any atom is 0.237 e. The minimum atomic E-state index is -0.630. The van der Waals surface area contributed by atoms with Crippen molar-refractivity contribution in [1.29, 1.82) is 0 Å². The molecule has 0 fully saturated rings. The van der Waals surface area contributed by atoms with E-state index in [1.807, 2.05) is 34.6 Å². The summed E-state index contributed by atoms with van der Waals surface area (Å²) in [7, 11) is 0. The van der Waals surface area contributed by atoms with Crippen LogP contribution in [0, 0.1) is 0 Å². The second kappa shape index (κ2) is 10.1. The largest absolute Gasteiger partial charge is 0.379 e. The number of carbonyl (C=O) groups is 1. The lowest BCUT2D eigenvalue weighted by atomic mass is 9.93. The highest BCUT2D eigenvalue weighted by molar-refractivity contribution is 5.84. The van der Waals surface area contributed by atoms with Crippen molar-refractivity contribution < 1.29 is 14.3 Å². The van der Waals surface area contributed by atoms with E-state index in [4.69, 9.17) is 15.2 Å². The third-order valence-electron chi connectivity index (χ3n) is 3.05. The van der Waals surface area contributed by atoms with Crippen LogP contribution in [0.15, 0.2) is 0 Å². The van der Waals surface area contributed by atoms with Gasteiger partial charge in [0.15, 0.2) is 0 Å². The number of hydrogen-bond acceptors (Lipinski definition) is 4. The number of nitrogens with two attached hydrogens (primary N) is 1. The average Bonchev–Trinajstić information content (AvgIpc) is 2.31. The van der Waals surface area contributed by atoms with Gasteiger partial charge in [0.2, 0.25) is 5.91 Å². The molecule has 0 rings (SSSR count). The smallest absolute Gasteiger partial charge is 0.237 e. The fourth-order valence-corrected chi connectivity index (χ4v) is 2.03. The van der Waals surface area contributed by atoms with Gasteiger partial charge in [0.1, 0.15) is 0 Å². The van der Waals surface area contributed by atoms with Gasteiger partial charge in [-0.3, -0.25) is 4.79 Å². The molecule has 0 aromatic rings. The summed E-state index contributed by atoms with van der Waals surface area (Å²) >= 11 is 0. The van der Waals surface area contributed by atoms with Gasteiger partial charge in [0, 0.05) is 12.6 Å². The minimum Gasteiger partial charge on any atom is -0.379 e. The Morgan fingerprint density at radius 1 is 1.15 bits per heavy atom. The van der Waals surface area contributed by atoms with E-state index >= 15 is 0 Å². The summed E-state index contributed by atoms with van der Waals surface area (Å²) < 4.78 is 10.9. The third-order valence-corrected chi connectivity index (χ3v) is 3.05. The molecule has 1 amide bonds. The monoisotopic (exact) mass is 288 g/mol. The summed E-state index contributed by atoms with van der Waals surface area (Å²) in [5.74, 6) is -0.294. The Hall–Kier alpha value is -0.650. The predicted molar refractivity (Wildman–Crippen MR) is 81.6 cm³/mol. The standard InChI is InChI=1S/C15H32N2O3/c1-12(2)17-15(5,14(16)18)8-6-7-9-19-10-11-20-13(3)4/h12-13,17H,6-11H2,1-5H3,(H2,16,18). The van der Waals surface area contributed by atoms with Crippen molar-refractivity contribution in [3.8, 4) is 0 Å². The van der Waals surface area contributed by atoms with Gasteiger partial charge in [0.25, 0.3) is 0 Å². The summed E-state index contributed by atoms with van der Waals surface area (Å²) in [4.78, 5) is 11.5. The molecule has 120 valence electrons. The number of ether oxygens (including phenoxy) is 2. The Labute approximate surface area is 123 Å². The molecular formula is C15H32N2O3. The zero-order valence-electron chi connectivity index (χ0n) is 13.7. The second-order valence-corrected chi connectivity index (χ2v) is 5.98. The molecule has 5 nitrogen and oxygen atoms in total. The first-order chi connectivity index (χ1) is 9.28. The van der Waals surface area contributed by atoms with Gasteiger partial charge in [-0.2, -0.15) is 0 Å². The van der Waals surface area contributed by atoms with Crippen LogP contribution in [0.1, 0.15) is 53.9 Å². The summed E-state index contributed by atoms with van der Waals surface area (Å²) in [6.45, 7) is 11.8. The lowest BCUT2D eigenvalue weighted by Gasteiger charge is -2.29. The van der Waals surface area contributed by atoms with Crippen molar-refractivity contribution in [2.24, 2.45) is 5.73 Å². The van der Waals surface area contributed by atoms with Crippen LogP contribution in [0.25, 0.3) is 0 Å². The fraction of sp³-hybridized carbons (Fsp3) is 0.933. The summed E-state index contributed by atoms with van der Waals surface area (Å²) in [5.41, 5.74) is 4.85. The van der Waals surface area contributed by atoms with Crippen LogP contribution >= 0.6 is 0 Å². The van der Waals surface area contributed by atoms with E-state index in [9.17, 15) is 4.79 Å². The number of nitrogens with one attached hydrogen (secondary N) is 1. The van der Waals surface area contributed by atoms with Crippen molar-refractivity contribution >= 4 is 5.91 Å².